The van der Waals surface area contributed by atoms with Crippen LogP contribution < -0.4 is 5.32 Å². The predicted molar refractivity (Wildman–Crippen MR) is 70.9 cm³/mol. The van der Waals surface area contributed by atoms with E-state index in [1.165, 1.54) is 0 Å². The minimum absolute atomic E-state index is 0.0570. The number of carbonyl (C=O) groups excluding carboxylic acids is 1. The van der Waals surface area contributed by atoms with Crippen molar-refractivity contribution in [1.82, 2.24) is 10.3 Å². The summed E-state index contributed by atoms with van der Waals surface area (Å²) in [5.74, 6) is -1.74. The molecule has 1 heterocycles. The summed E-state index contributed by atoms with van der Waals surface area (Å²) < 4.78 is 38.4. The molecule has 20 heavy (non-hydrogen) atoms. The molecule has 1 amide bonds. The van der Waals surface area contributed by atoms with Crippen LogP contribution in [0.2, 0.25) is 0 Å². The van der Waals surface area contributed by atoms with E-state index in [4.69, 9.17) is 12.2 Å². The topological polar surface area (TPSA) is 44.9 Å². The van der Waals surface area contributed by atoms with Gasteiger partial charge in [-0.2, -0.15) is 13.2 Å². The Morgan fingerprint density at radius 3 is 2.80 bits per heavy atom. The Kier molecular flexibility index (Phi) is 4.47. The first-order valence-electron chi connectivity index (χ1n) is 6.43. The van der Waals surface area contributed by atoms with Crippen LogP contribution in [0, 0.1) is 10.6 Å². The lowest BCUT2D eigenvalue weighted by Gasteiger charge is -2.31. The quantitative estimate of drug-likeness (QED) is 0.820. The van der Waals surface area contributed by atoms with Gasteiger partial charge in [-0.05, 0) is 31.4 Å². The number of pyridine rings is 1. The van der Waals surface area contributed by atoms with Gasteiger partial charge in [0.05, 0.1) is 11.5 Å². The monoisotopic (exact) mass is 304 g/mol. The lowest BCUT2D eigenvalue weighted by Crippen LogP contribution is -2.41. The summed E-state index contributed by atoms with van der Waals surface area (Å²) in [6, 6.07) is 2.74. The Labute approximate surface area is 119 Å². The van der Waals surface area contributed by atoms with Gasteiger partial charge >= 0.3 is 6.18 Å². The molecule has 0 aromatic carbocycles. The summed E-state index contributed by atoms with van der Waals surface area (Å²) >= 11 is 4.98. The molecule has 2 rings (SSSR count). The lowest BCUT2D eigenvalue weighted by molar-refractivity contribution is -0.183. The van der Waals surface area contributed by atoms with E-state index in [1.54, 1.807) is 18.3 Å². The molecule has 0 saturated heterocycles. The van der Waals surface area contributed by atoms with Crippen LogP contribution in [0.4, 0.5) is 13.2 Å². The second-order valence-corrected chi connectivity index (χ2v) is 5.40. The second-order valence-electron chi connectivity index (χ2n) is 4.99. The first-order valence-corrected chi connectivity index (χ1v) is 6.84. The fraction of sp³-hybridized carbons (Fsp3) is 0.538. The molecule has 0 unspecified atom stereocenters. The van der Waals surface area contributed by atoms with E-state index in [2.05, 4.69) is 10.3 Å². The van der Waals surface area contributed by atoms with Crippen molar-refractivity contribution in [2.75, 3.05) is 0 Å². The third-order valence-corrected chi connectivity index (χ3v) is 3.87. The molecule has 1 fully saturated rings. The van der Waals surface area contributed by atoms with E-state index in [0.29, 0.717) is 12.8 Å². The molecular formula is C13H15F3N2OS. The highest BCUT2D eigenvalue weighted by Crippen LogP contribution is 2.37. The van der Waals surface area contributed by atoms with Crippen molar-refractivity contribution in [3.63, 3.8) is 0 Å². The van der Waals surface area contributed by atoms with Crippen molar-refractivity contribution in [2.24, 2.45) is 5.92 Å². The number of hydrogen-bond acceptors (Lipinski definition) is 2. The number of aromatic nitrogens is 1. The molecule has 0 radical (unpaired) electrons. The van der Waals surface area contributed by atoms with E-state index in [9.17, 15) is 18.0 Å². The van der Waals surface area contributed by atoms with E-state index in [0.717, 1.165) is 0 Å². The Morgan fingerprint density at radius 1 is 1.40 bits per heavy atom. The molecule has 1 saturated carbocycles. The zero-order valence-corrected chi connectivity index (χ0v) is 11.5. The van der Waals surface area contributed by atoms with Gasteiger partial charge in [-0.25, -0.2) is 0 Å². The van der Waals surface area contributed by atoms with Crippen LogP contribution in [0.3, 0.4) is 0 Å². The number of rotatable bonds is 2. The van der Waals surface area contributed by atoms with Crippen LogP contribution in [-0.2, 0) is 0 Å². The number of H-pyrrole nitrogens is 1. The third-order valence-electron chi connectivity index (χ3n) is 3.54. The number of aromatic amines is 1. The second kappa shape index (κ2) is 5.95. The molecule has 0 bridgehead atoms. The van der Waals surface area contributed by atoms with Crippen molar-refractivity contribution in [1.29, 1.82) is 0 Å². The molecule has 2 atom stereocenters. The first kappa shape index (κ1) is 15.0. The zero-order chi connectivity index (χ0) is 14.8. The molecule has 7 heteroatoms. The summed E-state index contributed by atoms with van der Waals surface area (Å²) in [7, 11) is 0. The van der Waals surface area contributed by atoms with Gasteiger partial charge < -0.3 is 10.3 Å². The van der Waals surface area contributed by atoms with Gasteiger partial charge in [0.25, 0.3) is 5.91 Å². The van der Waals surface area contributed by atoms with Gasteiger partial charge in [0.1, 0.15) is 4.64 Å². The highest BCUT2D eigenvalue weighted by molar-refractivity contribution is 7.71. The number of halogens is 3. The fourth-order valence-corrected chi connectivity index (χ4v) is 2.71. The number of alkyl halides is 3. The third kappa shape index (κ3) is 3.59. The summed E-state index contributed by atoms with van der Waals surface area (Å²) in [4.78, 5) is 14.7. The predicted octanol–water partition coefficient (Wildman–Crippen LogP) is 3.60. The fourth-order valence-electron chi connectivity index (χ4n) is 2.48. The van der Waals surface area contributed by atoms with Gasteiger partial charge in [0.15, 0.2) is 0 Å². The summed E-state index contributed by atoms with van der Waals surface area (Å²) in [5.41, 5.74) is 0.289. The minimum Gasteiger partial charge on any atom is -0.352 e. The SMILES string of the molecule is O=C(N[C@H]1CCC[C@@H](C(F)(F)F)C1)c1ccc[nH]c1=S. The smallest absolute Gasteiger partial charge is 0.352 e. The van der Waals surface area contributed by atoms with Gasteiger partial charge in [-0.3, -0.25) is 4.79 Å². The average molecular weight is 304 g/mol. The van der Waals surface area contributed by atoms with Crippen molar-refractivity contribution in [3.8, 4) is 0 Å². The normalized spacial score (nSPS) is 23.4. The van der Waals surface area contributed by atoms with Crippen LogP contribution in [0.1, 0.15) is 36.0 Å². The van der Waals surface area contributed by atoms with Crippen LogP contribution in [0.15, 0.2) is 18.3 Å². The largest absolute Gasteiger partial charge is 0.391 e. The van der Waals surface area contributed by atoms with Gasteiger partial charge in [-0.1, -0.05) is 18.6 Å². The molecule has 0 spiro atoms. The maximum atomic E-state index is 12.7. The Morgan fingerprint density at radius 2 is 2.15 bits per heavy atom. The van der Waals surface area contributed by atoms with Crippen LogP contribution in [-0.4, -0.2) is 23.1 Å². The van der Waals surface area contributed by atoms with Crippen LogP contribution in [0.5, 0.6) is 0 Å². The van der Waals surface area contributed by atoms with Gasteiger partial charge in [0, 0.05) is 12.2 Å². The number of carbonyl (C=O) groups is 1. The van der Waals surface area contributed by atoms with Crippen LogP contribution in [0.25, 0.3) is 0 Å². The Balaban J connectivity index is 2.02. The van der Waals surface area contributed by atoms with Crippen molar-refractivity contribution in [2.45, 2.75) is 37.9 Å². The maximum Gasteiger partial charge on any atom is 0.391 e. The number of amides is 1. The molecule has 3 nitrogen and oxygen atoms in total. The van der Waals surface area contributed by atoms with E-state index < -0.39 is 24.0 Å². The van der Waals surface area contributed by atoms with Crippen LogP contribution >= 0.6 is 12.2 Å². The first-order chi connectivity index (χ1) is 9.38. The maximum absolute atomic E-state index is 12.7. The van der Waals surface area contributed by atoms with Crippen molar-refractivity contribution >= 4 is 18.1 Å². The number of hydrogen-bond donors (Lipinski definition) is 2. The number of nitrogens with one attached hydrogen (secondary N) is 2. The highest BCUT2D eigenvalue weighted by Gasteiger charge is 2.42. The molecule has 1 aliphatic carbocycles. The summed E-state index contributed by atoms with van der Waals surface area (Å²) in [5, 5.41) is 2.65. The molecule has 2 N–H and O–H groups in total. The Bertz CT molecular complexity index is 541. The Hall–Kier alpha value is -1.37. The summed E-state index contributed by atoms with van der Waals surface area (Å²) in [6.07, 6.45) is -1.47. The molecular weight excluding hydrogens is 289 g/mol. The molecule has 110 valence electrons. The van der Waals surface area contributed by atoms with E-state index >= 15 is 0 Å². The standard InChI is InChI=1S/C13H15F3N2OS/c14-13(15,16)8-3-1-4-9(7-8)18-11(19)10-5-2-6-17-12(10)20/h2,5-6,8-9H,1,3-4,7H2,(H,17,20)(H,18,19)/t8-,9+/m1/s1. The van der Waals surface area contributed by atoms with Crippen molar-refractivity contribution in [3.05, 3.63) is 28.5 Å². The highest BCUT2D eigenvalue weighted by atomic mass is 32.1. The average Bonchev–Trinajstić information content (AvgIpc) is 2.38. The lowest BCUT2D eigenvalue weighted by atomic mass is 9.85. The molecule has 1 aromatic rings. The minimum atomic E-state index is -4.19. The molecule has 1 aliphatic rings. The molecule has 0 aliphatic heterocycles. The summed E-state index contributed by atoms with van der Waals surface area (Å²) in [6.45, 7) is 0. The van der Waals surface area contributed by atoms with E-state index in [-0.39, 0.29) is 23.0 Å². The van der Waals surface area contributed by atoms with E-state index in [1.807, 2.05) is 0 Å². The zero-order valence-electron chi connectivity index (χ0n) is 10.7. The van der Waals surface area contributed by atoms with Gasteiger partial charge in [-0.15, -0.1) is 0 Å². The molecule has 1 aromatic heterocycles. The van der Waals surface area contributed by atoms with Gasteiger partial charge in [0.2, 0.25) is 0 Å². The van der Waals surface area contributed by atoms with Crippen molar-refractivity contribution < 1.29 is 18.0 Å².